The van der Waals surface area contributed by atoms with Crippen LogP contribution in [0.25, 0.3) is 0 Å². The number of benzene rings is 1. The topological polar surface area (TPSA) is 41.9 Å². The lowest BCUT2D eigenvalue weighted by molar-refractivity contribution is -0.0566. The highest BCUT2D eigenvalue weighted by Gasteiger charge is 2.23. The normalized spacial score (nSPS) is 20.4. The Bertz CT molecular complexity index is 439. The van der Waals surface area contributed by atoms with Gasteiger partial charge < -0.3 is 14.6 Å². The number of rotatable bonds is 5. The van der Waals surface area contributed by atoms with Crippen molar-refractivity contribution in [2.75, 3.05) is 26.3 Å². The first kappa shape index (κ1) is 15.6. The average Bonchev–Trinajstić information content (AvgIpc) is 2.45. The smallest absolute Gasteiger partial charge is 0.126 e. The van der Waals surface area contributed by atoms with Crippen LogP contribution in [0.1, 0.15) is 19.4 Å². The summed E-state index contributed by atoms with van der Waals surface area (Å²) < 4.78 is 11.5. The van der Waals surface area contributed by atoms with E-state index in [1.807, 2.05) is 12.1 Å². The molecular weight excluding hydrogens is 278 g/mol. The molecule has 1 aromatic rings. The number of aliphatic hydroxyl groups is 1. The maximum absolute atomic E-state index is 9.35. The molecule has 0 saturated carbocycles. The molecule has 0 spiro atoms. The number of halogens is 1. The number of morpholine rings is 1. The summed E-state index contributed by atoms with van der Waals surface area (Å²) in [6.07, 6.45) is 0.0525. The zero-order valence-electron chi connectivity index (χ0n) is 12.0. The molecule has 5 heteroatoms. The molecule has 0 amide bonds. The molecule has 1 saturated heterocycles. The molecule has 112 valence electrons. The number of hydrogen-bond donors (Lipinski definition) is 1. The quantitative estimate of drug-likeness (QED) is 0.906. The number of hydrogen-bond acceptors (Lipinski definition) is 4. The second kappa shape index (κ2) is 7.27. The van der Waals surface area contributed by atoms with E-state index in [1.54, 1.807) is 6.07 Å². The van der Waals surface area contributed by atoms with Crippen LogP contribution < -0.4 is 4.74 Å². The van der Waals surface area contributed by atoms with E-state index in [1.165, 1.54) is 0 Å². The lowest BCUT2D eigenvalue weighted by atomic mass is 10.2. The van der Waals surface area contributed by atoms with E-state index in [2.05, 4.69) is 18.7 Å². The maximum Gasteiger partial charge on any atom is 0.126 e. The molecule has 20 heavy (non-hydrogen) atoms. The highest BCUT2D eigenvalue weighted by molar-refractivity contribution is 6.31. The fourth-order valence-electron chi connectivity index (χ4n) is 2.32. The third-order valence-electron chi connectivity index (χ3n) is 3.56. The van der Waals surface area contributed by atoms with E-state index in [0.29, 0.717) is 29.0 Å². The van der Waals surface area contributed by atoms with E-state index in [0.717, 1.165) is 19.7 Å². The van der Waals surface area contributed by atoms with Crippen LogP contribution in [0.15, 0.2) is 18.2 Å². The molecule has 1 aliphatic rings. The second-order valence-corrected chi connectivity index (χ2v) is 5.67. The summed E-state index contributed by atoms with van der Waals surface area (Å²) in [6, 6.07) is 5.90. The molecule has 1 N–H and O–H groups in total. The van der Waals surface area contributed by atoms with Crippen LogP contribution in [0.2, 0.25) is 5.02 Å². The first-order chi connectivity index (χ1) is 9.61. The van der Waals surface area contributed by atoms with Crippen molar-refractivity contribution in [3.8, 4) is 5.75 Å². The molecule has 1 aliphatic heterocycles. The molecule has 1 fully saturated rings. The molecule has 1 unspecified atom stereocenters. The third-order valence-corrected chi connectivity index (χ3v) is 3.91. The first-order valence-corrected chi connectivity index (χ1v) is 7.36. The van der Waals surface area contributed by atoms with Crippen molar-refractivity contribution >= 4 is 11.6 Å². The Morgan fingerprint density at radius 1 is 1.50 bits per heavy atom. The van der Waals surface area contributed by atoms with Crippen LogP contribution in [0.4, 0.5) is 0 Å². The maximum atomic E-state index is 9.35. The van der Waals surface area contributed by atoms with Crippen molar-refractivity contribution in [1.82, 2.24) is 4.90 Å². The van der Waals surface area contributed by atoms with Crippen LogP contribution in [-0.4, -0.2) is 48.5 Å². The summed E-state index contributed by atoms with van der Waals surface area (Å²) in [6.45, 7) is 7.28. The van der Waals surface area contributed by atoms with Gasteiger partial charge in [0.25, 0.3) is 0 Å². The van der Waals surface area contributed by atoms with Crippen molar-refractivity contribution in [3.63, 3.8) is 0 Å². The van der Waals surface area contributed by atoms with Gasteiger partial charge in [-0.05, 0) is 26.0 Å². The monoisotopic (exact) mass is 299 g/mol. The van der Waals surface area contributed by atoms with Gasteiger partial charge in [0.2, 0.25) is 0 Å². The predicted octanol–water partition coefficient (Wildman–Crippen LogP) is 2.32. The molecule has 0 aliphatic carbocycles. The Balaban J connectivity index is 1.93. The standard InChI is InChI=1S/C15H22ClNO3/c1-11(2)17-6-7-19-12(8-17)10-20-15-5-3-4-14(16)13(15)9-18/h3-5,11-12,18H,6-10H2,1-2H3. The molecule has 1 aromatic carbocycles. The molecule has 2 rings (SSSR count). The zero-order chi connectivity index (χ0) is 14.5. The van der Waals surface area contributed by atoms with Crippen molar-refractivity contribution in [2.24, 2.45) is 0 Å². The largest absolute Gasteiger partial charge is 0.490 e. The molecule has 1 atom stereocenters. The van der Waals surface area contributed by atoms with Gasteiger partial charge in [-0.3, -0.25) is 4.90 Å². The van der Waals surface area contributed by atoms with Gasteiger partial charge in [0, 0.05) is 29.7 Å². The summed E-state index contributed by atoms with van der Waals surface area (Å²) >= 11 is 6.04. The Morgan fingerprint density at radius 2 is 2.30 bits per heavy atom. The van der Waals surface area contributed by atoms with E-state index in [4.69, 9.17) is 21.1 Å². The number of ether oxygens (including phenoxy) is 2. The summed E-state index contributed by atoms with van der Waals surface area (Å²) in [7, 11) is 0. The minimum Gasteiger partial charge on any atom is -0.490 e. The van der Waals surface area contributed by atoms with Crippen LogP contribution >= 0.6 is 11.6 Å². The minimum atomic E-state index is -0.126. The van der Waals surface area contributed by atoms with Crippen molar-refractivity contribution in [1.29, 1.82) is 0 Å². The first-order valence-electron chi connectivity index (χ1n) is 6.98. The van der Waals surface area contributed by atoms with Crippen molar-refractivity contribution in [2.45, 2.75) is 32.6 Å². The lowest BCUT2D eigenvalue weighted by Gasteiger charge is -2.35. The Labute approximate surface area is 125 Å². The fraction of sp³-hybridized carbons (Fsp3) is 0.600. The van der Waals surface area contributed by atoms with Gasteiger partial charge in [-0.15, -0.1) is 0 Å². The van der Waals surface area contributed by atoms with Crippen LogP contribution in [-0.2, 0) is 11.3 Å². The summed E-state index contributed by atoms with van der Waals surface area (Å²) in [5.74, 6) is 0.630. The Hall–Kier alpha value is -0.810. The highest BCUT2D eigenvalue weighted by Crippen LogP contribution is 2.26. The Morgan fingerprint density at radius 3 is 3.00 bits per heavy atom. The van der Waals surface area contributed by atoms with Gasteiger partial charge in [0.05, 0.1) is 13.2 Å². The van der Waals surface area contributed by atoms with Gasteiger partial charge in [0.1, 0.15) is 18.5 Å². The predicted molar refractivity (Wildman–Crippen MR) is 79.3 cm³/mol. The molecule has 1 heterocycles. The lowest BCUT2D eigenvalue weighted by Crippen LogP contribution is -2.47. The minimum absolute atomic E-state index is 0.0525. The van der Waals surface area contributed by atoms with Gasteiger partial charge >= 0.3 is 0 Å². The zero-order valence-corrected chi connectivity index (χ0v) is 12.8. The molecule has 0 aromatic heterocycles. The molecule has 0 radical (unpaired) electrons. The van der Waals surface area contributed by atoms with Gasteiger partial charge in [-0.2, -0.15) is 0 Å². The summed E-state index contributed by atoms with van der Waals surface area (Å²) in [4.78, 5) is 2.38. The second-order valence-electron chi connectivity index (χ2n) is 5.27. The van der Waals surface area contributed by atoms with E-state index >= 15 is 0 Å². The van der Waals surface area contributed by atoms with Crippen LogP contribution in [0.3, 0.4) is 0 Å². The van der Waals surface area contributed by atoms with E-state index < -0.39 is 0 Å². The van der Waals surface area contributed by atoms with Crippen molar-refractivity contribution in [3.05, 3.63) is 28.8 Å². The van der Waals surface area contributed by atoms with Gasteiger partial charge in [-0.25, -0.2) is 0 Å². The van der Waals surface area contributed by atoms with Gasteiger partial charge in [0.15, 0.2) is 0 Å². The van der Waals surface area contributed by atoms with Crippen LogP contribution in [0.5, 0.6) is 5.75 Å². The van der Waals surface area contributed by atoms with Gasteiger partial charge in [-0.1, -0.05) is 17.7 Å². The number of aliphatic hydroxyl groups excluding tert-OH is 1. The SMILES string of the molecule is CC(C)N1CCOC(COc2cccc(Cl)c2CO)C1. The molecule has 4 nitrogen and oxygen atoms in total. The highest BCUT2D eigenvalue weighted by atomic mass is 35.5. The number of nitrogens with zero attached hydrogens (tertiary/aromatic N) is 1. The summed E-state index contributed by atoms with van der Waals surface area (Å²) in [5, 5.41) is 9.87. The van der Waals surface area contributed by atoms with E-state index in [9.17, 15) is 5.11 Å². The molecular formula is C15H22ClNO3. The Kier molecular flexibility index (Phi) is 5.66. The molecule has 0 bridgehead atoms. The van der Waals surface area contributed by atoms with E-state index in [-0.39, 0.29) is 12.7 Å². The average molecular weight is 300 g/mol. The van der Waals surface area contributed by atoms with Crippen LogP contribution in [0, 0.1) is 0 Å². The summed E-state index contributed by atoms with van der Waals surface area (Å²) in [5.41, 5.74) is 0.630. The third kappa shape index (κ3) is 3.85. The fourth-order valence-corrected chi connectivity index (χ4v) is 2.55. The van der Waals surface area contributed by atoms with Crippen molar-refractivity contribution < 1.29 is 14.6 Å².